The first-order chi connectivity index (χ1) is 16.7. The fraction of sp³-hybridized carbons (Fsp3) is 0.630. The lowest BCUT2D eigenvalue weighted by molar-refractivity contribution is -0.134. The molecule has 2 atom stereocenters. The minimum absolute atomic E-state index is 0.325. The van der Waals surface area contributed by atoms with Crippen molar-refractivity contribution in [2.45, 2.75) is 44.7 Å². The highest BCUT2D eigenvalue weighted by Crippen LogP contribution is 2.34. The molecule has 0 spiro atoms. The van der Waals surface area contributed by atoms with E-state index in [9.17, 15) is 4.79 Å². The van der Waals surface area contributed by atoms with Gasteiger partial charge in [-0.15, -0.1) is 0 Å². The maximum absolute atomic E-state index is 12.4. The number of nitrogens with zero attached hydrogens (tertiary/aromatic N) is 6. The van der Waals surface area contributed by atoms with Crippen molar-refractivity contribution in [3.63, 3.8) is 0 Å². The first-order valence-electron chi connectivity index (χ1n) is 13.3. The Bertz CT molecular complexity index is 989. The third-order valence-electron chi connectivity index (χ3n) is 8.43. The van der Waals surface area contributed by atoms with Gasteiger partial charge in [0.2, 0.25) is 5.91 Å². The molecule has 0 N–H and O–H groups in total. The lowest BCUT2D eigenvalue weighted by atomic mass is 9.97. The Morgan fingerprint density at radius 2 is 1.76 bits per heavy atom. The number of carbonyl (C=O) groups is 1. The summed E-state index contributed by atoms with van der Waals surface area (Å²) < 4.78 is 2.08. The molecule has 5 aliphatic rings. The van der Waals surface area contributed by atoms with Crippen molar-refractivity contribution in [2.24, 2.45) is 11.0 Å². The fourth-order valence-corrected chi connectivity index (χ4v) is 6.02. The lowest BCUT2D eigenvalue weighted by Crippen LogP contribution is -2.50. The van der Waals surface area contributed by atoms with E-state index in [0.717, 1.165) is 58.4 Å². The molecule has 0 aromatic carbocycles. The van der Waals surface area contributed by atoms with Gasteiger partial charge in [0.1, 0.15) is 0 Å². The van der Waals surface area contributed by atoms with Crippen molar-refractivity contribution >= 4 is 17.7 Å². The van der Waals surface area contributed by atoms with Gasteiger partial charge in [0, 0.05) is 88.7 Å². The van der Waals surface area contributed by atoms with Gasteiger partial charge in [0.15, 0.2) is 0 Å². The second kappa shape index (κ2) is 9.44. The summed E-state index contributed by atoms with van der Waals surface area (Å²) in [6.07, 6.45) is 15.6. The molecule has 182 valence electrons. The zero-order valence-electron chi connectivity index (χ0n) is 20.5. The van der Waals surface area contributed by atoms with Crippen LogP contribution in [-0.2, 0) is 4.79 Å². The van der Waals surface area contributed by atoms with E-state index in [1.807, 2.05) is 0 Å². The number of hydrogen-bond acceptors (Lipinski definition) is 5. The van der Waals surface area contributed by atoms with E-state index in [-0.39, 0.29) is 0 Å². The predicted octanol–water partition coefficient (Wildman–Crippen LogP) is 2.67. The zero-order valence-corrected chi connectivity index (χ0v) is 20.5. The average molecular weight is 463 g/mol. The van der Waals surface area contributed by atoms with E-state index in [1.165, 1.54) is 43.0 Å². The van der Waals surface area contributed by atoms with Crippen LogP contribution in [0.3, 0.4) is 0 Å². The van der Waals surface area contributed by atoms with Crippen molar-refractivity contribution in [1.82, 2.24) is 24.3 Å². The van der Waals surface area contributed by atoms with Gasteiger partial charge in [-0.2, -0.15) is 5.10 Å². The van der Waals surface area contributed by atoms with Crippen LogP contribution in [0.4, 0.5) is 0 Å². The number of piperazine rings is 2. The number of fused-ring (bicyclic) bond motifs is 1. The van der Waals surface area contributed by atoms with Crippen molar-refractivity contribution in [1.29, 1.82) is 0 Å². The summed E-state index contributed by atoms with van der Waals surface area (Å²) in [5.41, 5.74) is 3.87. The van der Waals surface area contributed by atoms with E-state index >= 15 is 0 Å². The first kappa shape index (κ1) is 22.3. The molecule has 3 fully saturated rings. The summed E-state index contributed by atoms with van der Waals surface area (Å²) in [6, 6.07) is 3.22. The molecule has 2 unspecified atom stereocenters. The van der Waals surface area contributed by atoms with Crippen LogP contribution >= 0.6 is 0 Å². The van der Waals surface area contributed by atoms with Gasteiger partial charge in [-0.05, 0) is 37.4 Å². The Balaban J connectivity index is 1.09. The highest BCUT2D eigenvalue weighted by atomic mass is 16.2. The third kappa shape index (κ3) is 4.41. The molecule has 34 heavy (non-hydrogen) atoms. The van der Waals surface area contributed by atoms with Gasteiger partial charge in [-0.25, -0.2) is 4.68 Å². The summed E-state index contributed by atoms with van der Waals surface area (Å²) in [4.78, 5) is 22.2. The minimum atomic E-state index is 0.325. The monoisotopic (exact) mass is 462 g/mol. The smallest absolute Gasteiger partial charge is 0.225 e. The van der Waals surface area contributed by atoms with Crippen molar-refractivity contribution < 1.29 is 4.79 Å². The molecule has 2 aliphatic carbocycles. The van der Waals surface area contributed by atoms with E-state index in [1.54, 1.807) is 0 Å². The number of aromatic nitrogens is 1. The Hall–Kier alpha value is -2.22. The molecule has 0 bridgehead atoms. The zero-order chi connectivity index (χ0) is 23.1. The summed E-state index contributed by atoms with van der Waals surface area (Å²) in [6.45, 7) is 11.8. The Labute approximate surface area is 203 Å². The minimum Gasteiger partial charge on any atom is -0.340 e. The molecule has 7 nitrogen and oxygen atoms in total. The number of hydrogen-bond donors (Lipinski definition) is 0. The number of allylic oxidation sites excluding steroid dienone is 2. The van der Waals surface area contributed by atoms with Crippen LogP contribution in [-0.4, -0.2) is 101 Å². The van der Waals surface area contributed by atoms with Crippen LogP contribution in [0.25, 0.3) is 5.57 Å². The quantitative estimate of drug-likeness (QED) is 0.675. The van der Waals surface area contributed by atoms with Crippen LogP contribution in [0.5, 0.6) is 0 Å². The van der Waals surface area contributed by atoms with Gasteiger partial charge >= 0.3 is 0 Å². The predicted molar refractivity (Wildman–Crippen MR) is 136 cm³/mol. The maximum atomic E-state index is 12.4. The van der Waals surface area contributed by atoms with Gasteiger partial charge in [0.05, 0.1) is 11.7 Å². The van der Waals surface area contributed by atoms with Gasteiger partial charge in [-0.3, -0.25) is 14.6 Å². The molecule has 1 saturated carbocycles. The maximum Gasteiger partial charge on any atom is 0.225 e. The molecule has 2 saturated heterocycles. The largest absolute Gasteiger partial charge is 0.340 e. The van der Waals surface area contributed by atoms with Crippen LogP contribution in [0.1, 0.15) is 49.9 Å². The van der Waals surface area contributed by atoms with Crippen molar-refractivity contribution in [2.75, 3.05) is 58.9 Å². The molecule has 3 aliphatic heterocycles. The van der Waals surface area contributed by atoms with Crippen LogP contribution < -0.4 is 0 Å². The highest BCUT2D eigenvalue weighted by molar-refractivity contribution is 5.81. The van der Waals surface area contributed by atoms with Crippen molar-refractivity contribution in [3.8, 4) is 0 Å². The standard InChI is InChI=1S/C27H38N6O/c1-2-29-11-13-30(14-12-29)24-7-5-21(6-8-24)23-19-26-25(9-10-28-33(26)20-23)31-15-17-32(18-16-31)27(34)22-3-4-22/h5-7,10,19-20,22,24-25H,2-4,8-9,11-18H2,1H3. The molecule has 1 aromatic rings. The Morgan fingerprint density at radius 1 is 1.00 bits per heavy atom. The van der Waals surface area contributed by atoms with E-state index < -0.39 is 0 Å². The van der Waals surface area contributed by atoms with Gasteiger partial charge in [0.25, 0.3) is 0 Å². The summed E-state index contributed by atoms with van der Waals surface area (Å²) in [5.74, 6) is 0.711. The van der Waals surface area contributed by atoms with Crippen LogP contribution in [0.2, 0.25) is 0 Å². The molecular formula is C27H38N6O. The van der Waals surface area contributed by atoms with Crippen LogP contribution in [0.15, 0.2) is 35.6 Å². The van der Waals surface area contributed by atoms with Crippen molar-refractivity contribution in [3.05, 3.63) is 41.7 Å². The number of likely N-dealkylation sites (N-methyl/N-ethyl adjacent to an activating group) is 1. The molecule has 6 rings (SSSR count). The number of carbonyl (C=O) groups excluding carboxylic acids is 1. The lowest BCUT2D eigenvalue weighted by Gasteiger charge is -2.39. The topological polar surface area (TPSA) is 47.3 Å². The van der Waals surface area contributed by atoms with Crippen LogP contribution in [0, 0.1) is 5.92 Å². The molecule has 1 amide bonds. The normalized spacial score (nSPS) is 28.7. The fourth-order valence-electron chi connectivity index (χ4n) is 6.02. The second-order valence-corrected chi connectivity index (χ2v) is 10.5. The number of rotatable bonds is 5. The molecule has 1 aromatic heterocycles. The summed E-state index contributed by atoms with van der Waals surface area (Å²) in [5, 5.41) is 4.67. The summed E-state index contributed by atoms with van der Waals surface area (Å²) >= 11 is 0. The third-order valence-corrected chi connectivity index (χ3v) is 8.43. The van der Waals surface area contributed by atoms with Gasteiger partial charge in [-0.1, -0.05) is 25.2 Å². The molecule has 4 heterocycles. The van der Waals surface area contributed by atoms with E-state index in [0.29, 0.717) is 23.9 Å². The van der Waals surface area contributed by atoms with Gasteiger partial charge < -0.3 is 9.80 Å². The Morgan fingerprint density at radius 3 is 2.44 bits per heavy atom. The first-order valence-corrected chi connectivity index (χ1v) is 13.3. The Kier molecular flexibility index (Phi) is 6.18. The average Bonchev–Trinajstić information content (AvgIpc) is 3.66. The molecule has 0 radical (unpaired) electrons. The molecular weight excluding hydrogens is 424 g/mol. The van der Waals surface area contributed by atoms with E-state index in [2.05, 4.69) is 73.0 Å². The van der Waals surface area contributed by atoms with E-state index in [4.69, 9.17) is 0 Å². The number of amides is 1. The molecule has 7 heteroatoms. The second-order valence-electron chi connectivity index (χ2n) is 10.5. The summed E-state index contributed by atoms with van der Waals surface area (Å²) in [7, 11) is 0. The SMILES string of the molecule is CCN1CCN(C2C=CC(c3cc4n(c3)N=CCC4N3CCN(C(=O)C4CC4)CC3)=CC2)CC1. The highest BCUT2D eigenvalue weighted by Gasteiger charge is 2.36.